The number of sulfonamides is 1. The Morgan fingerprint density at radius 2 is 1.64 bits per heavy atom. The quantitative estimate of drug-likeness (QED) is 0.383. The molecule has 0 bridgehead atoms. The van der Waals surface area contributed by atoms with Crippen LogP contribution in [-0.4, -0.2) is 44.8 Å². The van der Waals surface area contributed by atoms with Crippen molar-refractivity contribution in [1.29, 1.82) is 0 Å². The van der Waals surface area contributed by atoms with Crippen molar-refractivity contribution in [3.63, 3.8) is 0 Å². The molecule has 0 spiro atoms. The van der Waals surface area contributed by atoms with Gasteiger partial charge in [-0.1, -0.05) is 5.10 Å². The molecule has 1 amide bonds. The Kier molecular flexibility index (Phi) is 6.17. The molecule has 4 aromatic rings. The van der Waals surface area contributed by atoms with Crippen LogP contribution in [0, 0.1) is 0 Å². The second-order valence-electron chi connectivity index (χ2n) is 7.58. The molecule has 0 saturated heterocycles. The van der Waals surface area contributed by atoms with Crippen molar-refractivity contribution >= 4 is 27.6 Å². The maximum Gasteiger partial charge on any atom is 0.322 e. The zero-order valence-corrected chi connectivity index (χ0v) is 19.7. The lowest BCUT2D eigenvalue weighted by Gasteiger charge is -2.18. The SMILES string of the molecule is COc1ccc(S(=O)(=O)Nc2ccc(C(=O)Nc3nnc(-c4ccc5c(c4)OCCO5)o3)cc2)cc1. The lowest BCUT2D eigenvalue weighted by molar-refractivity contribution is 0.102. The van der Waals surface area contributed by atoms with Crippen molar-refractivity contribution in [3.05, 3.63) is 72.3 Å². The fourth-order valence-corrected chi connectivity index (χ4v) is 4.45. The number of rotatable bonds is 7. The smallest absolute Gasteiger partial charge is 0.322 e. The average Bonchev–Trinajstić information content (AvgIpc) is 3.37. The first kappa shape index (κ1) is 23.2. The number of aromatic nitrogens is 2. The van der Waals surface area contributed by atoms with E-state index in [1.165, 1.54) is 43.5 Å². The molecule has 12 heteroatoms. The minimum absolute atomic E-state index is 0.0790. The molecule has 0 fully saturated rings. The van der Waals surface area contributed by atoms with Crippen molar-refractivity contribution in [1.82, 2.24) is 10.2 Å². The minimum Gasteiger partial charge on any atom is -0.497 e. The molecule has 0 unspecified atom stereocenters. The predicted octanol–water partition coefficient (Wildman–Crippen LogP) is 3.57. The number of hydrogen-bond donors (Lipinski definition) is 2. The number of nitrogens with one attached hydrogen (secondary N) is 2. The van der Waals surface area contributed by atoms with Gasteiger partial charge in [0.15, 0.2) is 11.5 Å². The summed E-state index contributed by atoms with van der Waals surface area (Å²) in [5.74, 6) is 1.45. The molecule has 3 aromatic carbocycles. The van der Waals surface area contributed by atoms with Crippen LogP contribution in [0.2, 0.25) is 0 Å². The largest absolute Gasteiger partial charge is 0.497 e. The molecule has 1 aliphatic heterocycles. The first-order valence-corrected chi connectivity index (χ1v) is 12.2. The van der Waals surface area contributed by atoms with Gasteiger partial charge in [0.1, 0.15) is 19.0 Å². The Bertz CT molecular complexity index is 1500. The first-order chi connectivity index (χ1) is 17.4. The fraction of sp³-hybridized carbons (Fsp3) is 0.125. The highest BCUT2D eigenvalue weighted by atomic mass is 32.2. The van der Waals surface area contributed by atoms with Gasteiger partial charge in [0.2, 0.25) is 5.89 Å². The molecule has 11 nitrogen and oxygen atoms in total. The maximum absolute atomic E-state index is 12.6. The highest BCUT2D eigenvalue weighted by molar-refractivity contribution is 7.92. The van der Waals surface area contributed by atoms with Crippen LogP contribution >= 0.6 is 0 Å². The number of benzene rings is 3. The molecule has 36 heavy (non-hydrogen) atoms. The summed E-state index contributed by atoms with van der Waals surface area (Å²) in [5, 5.41) is 10.4. The van der Waals surface area contributed by atoms with Gasteiger partial charge in [-0.2, -0.15) is 0 Å². The lowest BCUT2D eigenvalue weighted by Crippen LogP contribution is -2.15. The summed E-state index contributed by atoms with van der Waals surface area (Å²) in [6, 6.07) is 17.0. The van der Waals surface area contributed by atoms with E-state index < -0.39 is 15.9 Å². The molecule has 0 atom stereocenters. The van der Waals surface area contributed by atoms with Gasteiger partial charge in [0, 0.05) is 16.8 Å². The van der Waals surface area contributed by atoms with Crippen molar-refractivity contribution in [2.45, 2.75) is 4.90 Å². The van der Waals surface area contributed by atoms with Gasteiger partial charge in [-0.3, -0.25) is 14.8 Å². The van der Waals surface area contributed by atoms with Gasteiger partial charge in [0.05, 0.1) is 12.0 Å². The molecule has 0 aliphatic carbocycles. The molecule has 2 heterocycles. The predicted molar refractivity (Wildman–Crippen MR) is 129 cm³/mol. The van der Waals surface area contributed by atoms with Gasteiger partial charge >= 0.3 is 6.01 Å². The van der Waals surface area contributed by atoms with E-state index in [2.05, 4.69) is 20.2 Å². The number of hydrogen-bond acceptors (Lipinski definition) is 9. The Morgan fingerprint density at radius 3 is 2.36 bits per heavy atom. The maximum atomic E-state index is 12.6. The molecule has 1 aromatic heterocycles. The van der Waals surface area contributed by atoms with E-state index >= 15 is 0 Å². The van der Waals surface area contributed by atoms with Crippen molar-refractivity contribution in [2.24, 2.45) is 0 Å². The number of carbonyl (C=O) groups is 1. The van der Waals surface area contributed by atoms with Crippen LogP contribution in [0.4, 0.5) is 11.7 Å². The normalized spacial score (nSPS) is 12.6. The molecule has 5 rings (SSSR count). The molecular formula is C24H20N4O7S. The van der Waals surface area contributed by atoms with Crippen LogP contribution < -0.4 is 24.2 Å². The molecule has 1 aliphatic rings. The third kappa shape index (κ3) is 4.93. The Hall–Kier alpha value is -4.58. The zero-order valence-electron chi connectivity index (χ0n) is 18.9. The van der Waals surface area contributed by atoms with Crippen molar-refractivity contribution in [2.75, 3.05) is 30.4 Å². The van der Waals surface area contributed by atoms with E-state index in [1.807, 2.05) is 0 Å². The summed E-state index contributed by atoms with van der Waals surface area (Å²) in [6.07, 6.45) is 0. The van der Waals surface area contributed by atoms with E-state index in [1.54, 1.807) is 30.3 Å². The topological polar surface area (TPSA) is 142 Å². The average molecular weight is 509 g/mol. The summed E-state index contributed by atoms with van der Waals surface area (Å²) in [6.45, 7) is 0.932. The summed E-state index contributed by atoms with van der Waals surface area (Å²) < 4.78 is 49.3. The number of carbonyl (C=O) groups excluding carboxylic acids is 1. The molecule has 0 radical (unpaired) electrons. The van der Waals surface area contributed by atoms with Crippen LogP contribution in [0.3, 0.4) is 0 Å². The van der Waals surface area contributed by atoms with E-state index in [-0.39, 0.29) is 22.4 Å². The molecular weight excluding hydrogens is 488 g/mol. The minimum atomic E-state index is -3.81. The highest BCUT2D eigenvalue weighted by Gasteiger charge is 2.18. The van der Waals surface area contributed by atoms with Gasteiger partial charge in [-0.05, 0) is 66.7 Å². The van der Waals surface area contributed by atoms with Crippen LogP contribution in [0.1, 0.15) is 10.4 Å². The molecule has 0 saturated carbocycles. The van der Waals surface area contributed by atoms with Crippen LogP contribution in [-0.2, 0) is 10.0 Å². The summed E-state index contributed by atoms with van der Waals surface area (Å²) in [7, 11) is -2.31. The highest BCUT2D eigenvalue weighted by Crippen LogP contribution is 2.34. The van der Waals surface area contributed by atoms with Gasteiger partial charge in [-0.25, -0.2) is 8.42 Å². The van der Waals surface area contributed by atoms with E-state index in [4.69, 9.17) is 18.6 Å². The number of methoxy groups -OCH3 is 1. The van der Waals surface area contributed by atoms with Crippen LogP contribution in [0.5, 0.6) is 17.2 Å². The lowest BCUT2D eigenvalue weighted by atomic mass is 10.2. The van der Waals surface area contributed by atoms with Crippen molar-refractivity contribution in [3.8, 4) is 28.7 Å². The van der Waals surface area contributed by atoms with E-state index in [9.17, 15) is 13.2 Å². The number of nitrogens with zero attached hydrogens (tertiary/aromatic N) is 2. The first-order valence-electron chi connectivity index (χ1n) is 10.7. The number of ether oxygens (including phenoxy) is 3. The summed E-state index contributed by atoms with van der Waals surface area (Å²) in [4.78, 5) is 12.7. The third-order valence-corrected chi connectivity index (χ3v) is 6.60. The molecule has 184 valence electrons. The third-order valence-electron chi connectivity index (χ3n) is 5.20. The number of amides is 1. The number of fused-ring (bicyclic) bond motifs is 1. The van der Waals surface area contributed by atoms with Gasteiger partial charge in [0.25, 0.3) is 15.9 Å². The molecule has 2 N–H and O–H groups in total. The van der Waals surface area contributed by atoms with E-state index in [0.29, 0.717) is 41.7 Å². The summed E-state index contributed by atoms with van der Waals surface area (Å²) in [5.41, 5.74) is 1.17. The Morgan fingerprint density at radius 1 is 0.917 bits per heavy atom. The van der Waals surface area contributed by atoms with Crippen molar-refractivity contribution < 1.29 is 31.8 Å². The Balaban J connectivity index is 1.24. The standard InChI is InChI=1S/C24H20N4O7S/c1-32-18-7-9-19(10-8-18)36(30,31)28-17-5-2-15(3-6-17)22(29)25-24-27-26-23(35-24)16-4-11-20-21(14-16)34-13-12-33-20/h2-11,14,28H,12-13H2,1H3,(H,25,27,29). The van der Waals surface area contributed by atoms with E-state index in [0.717, 1.165) is 0 Å². The second kappa shape index (κ2) is 9.58. The van der Waals surface area contributed by atoms with Crippen LogP contribution in [0.25, 0.3) is 11.5 Å². The van der Waals surface area contributed by atoms with Crippen LogP contribution in [0.15, 0.2) is 76.0 Å². The zero-order chi connectivity index (χ0) is 25.1. The van der Waals surface area contributed by atoms with Gasteiger partial charge in [-0.15, -0.1) is 5.10 Å². The monoisotopic (exact) mass is 508 g/mol. The Labute approximate surface area is 206 Å². The second-order valence-corrected chi connectivity index (χ2v) is 9.27. The number of anilines is 2. The summed E-state index contributed by atoms with van der Waals surface area (Å²) >= 11 is 0. The van der Waals surface area contributed by atoms with Gasteiger partial charge < -0.3 is 18.6 Å². The fourth-order valence-electron chi connectivity index (χ4n) is 3.39.